The molecule has 0 spiro atoms. The normalized spacial score (nSPS) is 11.3. The number of aromatic amines is 1. The molecular formula is C19H24N4O5. The maximum Gasteiger partial charge on any atom is 0.335 e. The zero-order chi connectivity index (χ0) is 20.7. The van der Waals surface area contributed by atoms with E-state index in [-0.39, 0.29) is 23.6 Å². The van der Waals surface area contributed by atoms with Gasteiger partial charge in [-0.15, -0.1) is 0 Å². The lowest BCUT2D eigenvalue weighted by Crippen LogP contribution is -2.33. The highest BCUT2D eigenvalue weighted by Crippen LogP contribution is 2.20. The summed E-state index contributed by atoms with van der Waals surface area (Å²) >= 11 is 0. The van der Waals surface area contributed by atoms with E-state index in [2.05, 4.69) is 15.5 Å². The Morgan fingerprint density at radius 2 is 1.93 bits per heavy atom. The molecule has 0 radical (unpaired) electrons. The lowest BCUT2D eigenvalue weighted by Gasteiger charge is -2.13. The molecule has 0 aliphatic carbocycles. The van der Waals surface area contributed by atoms with E-state index < -0.39 is 17.1 Å². The average Bonchev–Trinajstić information content (AvgIpc) is 2.68. The average molecular weight is 388 g/mol. The molecular weight excluding hydrogens is 364 g/mol. The lowest BCUT2D eigenvalue weighted by atomic mass is 10.1. The van der Waals surface area contributed by atoms with Gasteiger partial charge in [-0.2, -0.15) is 5.10 Å². The molecule has 0 unspecified atom stereocenters. The van der Waals surface area contributed by atoms with Crippen LogP contribution in [0.2, 0.25) is 0 Å². The van der Waals surface area contributed by atoms with Crippen LogP contribution in [0.4, 0.5) is 0 Å². The fourth-order valence-electron chi connectivity index (χ4n) is 2.59. The highest BCUT2D eigenvalue weighted by molar-refractivity contribution is 6.02. The minimum Gasteiger partial charge on any atom is -0.497 e. The molecule has 3 N–H and O–H groups in total. The highest BCUT2D eigenvalue weighted by Gasteiger charge is 2.20. The lowest BCUT2D eigenvalue weighted by molar-refractivity contribution is -0.121. The number of hydrazone groups is 1. The molecule has 0 saturated carbocycles. The fraction of sp³-hybridized carbons (Fsp3) is 0.368. The first-order valence-corrected chi connectivity index (χ1v) is 9.01. The number of benzene rings is 1. The van der Waals surface area contributed by atoms with E-state index in [4.69, 9.17) is 4.74 Å². The van der Waals surface area contributed by atoms with Gasteiger partial charge in [-0.05, 0) is 37.1 Å². The van der Waals surface area contributed by atoms with E-state index in [9.17, 15) is 19.5 Å². The van der Waals surface area contributed by atoms with Crippen LogP contribution in [0.1, 0.15) is 45.1 Å². The molecule has 0 aliphatic rings. The molecule has 2 rings (SSSR count). The molecule has 1 heterocycles. The van der Waals surface area contributed by atoms with Gasteiger partial charge in [0.1, 0.15) is 11.3 Å². The molecule has 28 heavy (non-hydrogen) atoms. The standard InChI is InChI=1S/C19H24N4O5/c1-4-6-7-15(24)22-21-14(5-2)16-17(25)20-19(27)23(18(16)26)12-8-10-13(28-3)11-9-12/h8-11,26H,4-7H2,1-3H3,(H,22,24)(H,20,25,27). The smallest absolute Gasteiger partial charge is 0.335 e. The van der Waals surface area contributed by atoms with Gasteiger partial charge in [0, 0.05) is 6.42 Å². The number of H-pyrrole nitrogens is 1. The van der Waals surface area contributed by atoms with Gasteiger partial charge in [0.25, 0.3) is 5.56 Å². The number of amides is 1. The van der Waals surface area contributed by atoms with E-state index in [1.54, 1.807) is 31.2 Å². The fourth-order valence-corrected chi connectivity index (χ4v) is 2.59. The number of hydrogen-bond acceptors (Lipinski definition) is 6. The van der Waals surface area contributed by atoms with Crippen LogP contribution in [0.3, 0.4) is 0 Å². The van der Waals surface area contributed by atoms with Gasteiger partial charge in [-0.1, -0.05) is 20.3 Å². The third-order valence-electron chi connectivity index (χ3n) is 4.11. The van der Waals surface area contributed by atoms with Crippen molar-refractivity contribution in [2.45, 2.75) is 39.5 Å². The molecule has 1 amide bonds. The van der Waals surface area contributed by atoms with Gasteiger partial charge in [0.05, 0.1) is 18.5 Å². The Hall–Kier alpha value is -3.36. The van der Waals surface area contributed by atoms with Crippen LogP contribution < -0.4 is 21.4 Å². The predicted octanol–water partition coefficient (Wildman–Crippen LogP) is 1.66. The van der Waals surface area contributed by atoms with Crippen LogP contribution in [-0.2, 0) is 4.79 Å². The molecule has 9 nitrogen and oxygen atoms in total. The Morgan fingerprint density at radius 1 is 1.25 bits per heavy atom. The topological polar surface area (TPSA) is 126 Å². The maximum absolute atomic E-state index is 12.3. The third-order valence-corrected chi connectivity index (χ3v) is 4.11. The van der Waals surface area contributed by atoms with Gasteiger partial charge in [-0.3, -0.25) is 14.6 Å². The van der Waals surface area contributed by atoms with E-state index in [0.717, 1.165) is 17.4 Å². The molecule has 1 aromatic carbocycles. The Bertz CT molecular complexity index is 973. The number of unbranched alkanes of at least 4 members (excludes halogenated alkanes) is 1. The first-order valence-electron chi connectivity index (χ1n) is 9.01. The van der Waals surface area contributed by atoms with Crippen molar-refractivity contribution in [3.8, 4) is 17.3 Å². The number of ether oxygens (including phenoxy) is 1. The van der Waals surface area contributed by atoms with E-state index >= 15 is 0 Å². The van der Waals surface area contributed by atoms with Crippen LogP contribution in [0.5, 0.6) is 11.6 Å². The third kappa shape index (κ3) is 4.67. The van der Waals surface area contributed by atoms with Crippen molar-refractivity contribution < 1.29 is 14.6 Å². The number of rotatable bonds is 8. The van der Waals surface area contributed by atoms with Crippen molar-refractivity contribution in [1.29, 1.82) is 0 Å². The Morgan fingerprint density at radius 3 is 2.50 bits per heavy atom. The van der Waals surface area contributed by atoms with Gasteiger partial charge < -0.3 is 9.84 Å². The van der Waals surface area contributed by atoms with Crippen molar-refractivity contribution >= 4 is 11.6 Å². The van der Waals surface area contributed by atoms with Crippen molar-refractivity contribution in [2.24, 2.45) is 5.10 Å². The quantitative estimate of drug-likeness (QED) is 0.468. The second kappa shape index (κ2) is 9.54. The number of aromatic nitrogens is 2. The molecule has 2 aromatic rings. The van der Waals surface area contributed by atoms with Gasteiger partial charge in [0.15, 0.2) is 0 Å². The molecule has 0 fully saturated rings. The molecule has 0 saturated heterocycles. The number of carbonyl (C=O) groups excluding carboxylic acids is 1. The van der Waals surface area contributed by atoms with Gasteiger partial charge in [0.2, 0.25) is 11.8 Å². The van der Waals surface area contributed by atoms with Crippen LogP contribution >= 0.6 is 0 Å². The summed E-state index contributed by atoms with van der Waals surface area (Å²) in [7, 11) is 1.51. The molecule has 0 bridgehead atoms. The first kappa shape index (κ1) is 20.9. The first-order chi connectivity index (χ1) is 13.4. The molecule has 0 atom stereocenters. The summed E-state index contributed by atoms with van der Waals surface area (Å²) < 4.78 is 6.04. The molecule has 0 aliphatic heterocycles. The molecule has 9 heteroatoms. The van der Waals surface area contributed by atoms with Crippen LogP contribution in [0.25, 0.3) is 5.69 Å². The predicted molar refractivity (Wildman–Crippen MR) is 105 cm³/mol. The number of carbonyl (C=O) groups is 1. The minimum atomic E-state index is -0.793. The summed E-state index contributed by atoms with van der Waals surface area (Å²) in [6, 6.07) is 6.37. The summed E-state index contributed by atoms with van der Waals surface area (Å²) in [5.74, 6) is -0.263. The zero-order valence-electron chi connectivity index (χ0n) is 16.1. The summed E-state index contributed by atoms with van der Waals surface area (Å²) in [5, 5.41) is 14.6. The number of methoxy groups -OCH3 is 1. The monoisotopic (exact) mass is 388 g/mol. The summed E-state index contributed by atoms with van der Waals surface area (Å²) in [6.07, 6.45) is 2.15. The number of nitrogens with zero attached hydrogens (tertiary/aromatic N) is 2. The second-order valence-corrected chi connectivity index (χ2v) is 6.04. The van der Waals surface area contributed by atoms with Gasteiger partial charge in [-0.25, -0.2) is 14.8 Å². The van der Waals surface area contributed by atoms with E-state index in [1.165, 1.54) is 7.11 Å². The SMILES string of the molecule is CCCCC(=O)NN=C(CC)c1c(O)n(-c2ccc(OC)cc2)c(=O)[nH]c1=O. The Balaban J connectivity index is 2.50. The second-order valence-electron chi connectivity index (χ2n) is 6.04. The number of nitrogens with one attached hydrogen (secondary N) is 2. The Kier molecular flexibility index (Phi) is 7.14. The zero-order valence-corrected chi connectivity index (χ0v) is 16.1. The molecule has 150 valence electrons. The Labute approximate surface area is 161 Å². The van der Waals surface area contributed by atoms with E-state index in [0.29, 0.717) is 17.9 Å². The van der Waals surface area contributed by atoms with E-state index in [1.807, 2.05) is 6.92 Å². The van der Waals surface area contributed by atoms with Crippen molar-refractivity contribution in [3.05, 3.63) is 50.7 Å². The van der Waals surface area contributed by atoms with Gasteiger partial charge >= 0.3 is 5.69 Å². The summed E-state index contributed by atoms with van der Waals surface area (Å²) in [6.45, 7) is 3.69. The molecule has 1 aromatic heterocycles. The highest BCUT2D eigenvalue weighted by atomic mass is 16.5. The summed E-state index contributed by atoms with van der Waals surface area (Å²) in [5.41, 5.74) is 1.14. The van der Waals surface area contributed by atoms with Crippen LogP contribution in [0.15, 0.2) is 39.0 Å². The summed E-state index contributed by atoms with van der Waals surface area (Å²) in [4.78, 5) is 38.6. The van der Waals surface area contributed by atoms with Crippen LogP contribution in [-0.4, -0.2) is 33.4 Å². The number of hydrogen-bond donors (Lipinski definition) is 3. The maximum atomic E-state index is 12.3. The number of aromatic hydroxyl groups is 1. The largest absolute Gasteiger partial charge is 0.497 e. The van der Waals surface area contributed by atoms with Crippen molar-refractivity contribution in [3.63, 3.8) is 0 Å². The minimum absolute atomic E-state index is 0.158. The van der Waals surface area contributed by atoms with Crippen LogP contribution in [0, 0.1) is 0 Å². The van der Waals surface area contributed by atoms with Crippen molar-refractivity contribution in [1.82, 2.24) is 15.0 Å². The van der Waals surface area contributed by atoms with Crippen molar-refractivity contribution in [2.75, 3.05) is 7.11 Å².